The number of fused-ring (bicyclic) bond motifs is 1. The van der Waals surface area contributed by atoms with E-state index in [0.29, 0.717) is 5.82 Å². The minimum atomic E-state index is -0.427. The van der Waals surface area contributed by atoms with Crippen LogP contribution in [0.15, 0.2) is 53.3 Å². The summed E-state index contributed by atoms with van der Waals surface area (Å²) in [5.41, 5.74) is 0.560. The van der Waals surface area contributed by atoms with E-state index in [-0.39, 0.29) is 11.3 Å². The number of rotatable bonds is 2. The Labute approximate surface area is 113 Å². The van der Waals surface area contributed by atoms with Crippen LogP contribution in [0, 0.1) is 0 Å². The fourth-order valence-electron chi connectivity index (χ4n) is 1.79. The van der Waals surface area contributed by atoms with Crippen molar-refractivity contribution < 1.29 is 4.79 Å². The Kier molecular flexibility index (Phi) is 2.96. The highest BCUT2D eigenvalue weighted by atomic mass is 16.2. The number of hydrogen-bond donors (Lipinski definition) is 2. The van der Waals surface area contributed by atoms with Gasteiger partial charge in [0.25, 0.3) is 11.5 Å². The van der Waals surface area contributed by atoms with E-state index >= 15 is 0 Å². The first kappa shape index (κ1) is 12.0. The molecule has 0 spiro atoms. The van der Waals surface area contributed by atoms with E-state index < -0.39 is 5.91 Å². The summed E-state index contributed by atoms with van der Waals surface area (Å²) in [6.07, 6.45) is 0. The number of nitrogens with zero attached hydrogens (tertiary/aromatic N) is 2. The summed E-state index contributed by atoms with van der Waals surface area (Å²) in [7, 11) is 0. The smallest absolute Gasteiger partial charge is 0.277 e. The number of aromatic amines is 1. The van der Waals surface area contributed by atoms with E-state index in [4.69, 9.17) is 0 Å². The van der Waals surface area contributed by atoms with Gasteiger partial charge in [0.2, 0.25) is 0 Å². The van der Waals surface area contributed by atoms with E-state index in [1.54, 1.807) is 6.07 Å². The van der Waals surface area contributed by atoms with Gasteiger partial charge in [-0.05, 0) is 24.3 Å². The number of pyridine rings is 1. The van der Waals surface area contributed by atoms with Crippen molar-refractivity contribution in [2.24, 2.45) is 0 Å². The first-order chi connectivity index (χ1) is 9.72. The van der Waals surface area contributed by atoms with Crippen LogP contribution in [0.1, 0.15) is 10.5 Å². The lowest BCUT2D eigenvalue weighted by molar-refractivity contribution is 0.102. The molecule has 2 N–H and O–H groups in total. The van der Waals surface area contributed by atoms with Crippen LogP contribution >= 0.6 is 0 Å². The molecule has 0 unspecified atom stereocenters. The first-order valence-electron chi connectivity index (χ1n) is 5.95. The Bertz CT molecular complexity index is 821. The van der Waals surface area contributed by atoms with Gasteiger partial charge < -0.3 is 5.32 Å². The Hall–Kier alpha value is -3.02. The number of amides is 1. The molecule has 0 atom stereocenters. The summed E-state index contributed by atoms with van der Waals surface area (Å²) in [5, 5.41) is 9.50. The maximum absolute atomic E-state index is 11.9. The Morgan fingerprint density at radius 1 is 1.05 bits per heavy atom. The third-order valence-corrected chi connectivity index (χ3v) is 2.75. The van der Waals surface area contributed by atoms with Crippen molar-refractivity contribution in [3.8, 4) is 0 Å². The van der Waals surface area contributed by atoms with Crippen LogP contribution in [0.2, 0.25) is 0 Å². The van der Waals surface area contributed by atoms with Crippen molar-refractivity contribution in [1.29, 1.82) is 0 Å². The molecule has 1 amide bonds. The highest BCUT2D eigenvalue weighted by Crippen LogP contribution is 2.14. The summed E-state index contributed by atoms with van der Waals surface area (Å²) in [4.78, 5) is 27.1. The van der Waals surface area contributed by atoms with Gasteiger partial charge in [-0.25, -0.2) is 10.1 Å². The lowest BCUT2D eigenvalue weighted by Crippen LogP contribution is -2.18. The third-order valence-electron chi connectivity index (χ3n) is 2.75. The van der Waals surface area contributed by atoms with Gasteiger partial charge in [-0.2, -0.15) is 5.10 Å². The van der Waals surface area contributed by atoms with Crippen LogP contribution in [0.3, 0.4) is 0 Å². The average Bonchev–Trinajstić information content (AvgIpc) is 2.48. The van der Waals surface area contributed by atoms with Crippen LogP contribution in [-0.2, 0) is 0 Å². The summed E-state index contributed by atoms with van der Waals surface area (Å²) in [5.74, 6) is 0.00531. The number of anilines is 1. The minimum absolute atomic E-state index is 0.125. The number of carbonyl (C=O) groups is 1. The monoisotopic (exact) mass is 266 g/mol. The van der Waals surface area contributed by atoms with E-state index in [2.05, 4.69) is 20.5 Å². The molecule has 0 bridgehead atoms. The van der Waals surface area contributed by atoms with Gasteiger partial charge in [0.15, 0.2) is 0 Å². The SMILES string of the molecule is O=C(Nc1ccc2ccccc2n1)c1ccc(=O)[nH]n1. The highest BCUT2D eigenvalue weighted by molar-refractivity contribution is 6.02. The largest absolute Gasteiger partial charge is 0.305 e. The predicted molar refractivity (Wildman–Crippen MR) is 74.6 cm³/mol. The van der Waals surface area contributed by atoms with Crippen molar-refractivity contribution in [1.82, 2.24) is 15.2 Å². The maximum atomic E-state index is 11.9. The lowest BCUT2D eigenvalue weighted by atomic mass is 10.2. The molecule has 98 valence electrons. The molecular formula is C14H10N4O2. The molecule has 0 radical (unpaired) electrons. The van der Waals surface area contributed by atoms with Gasteiger partial charge in [0.1, 0.15) is 11.5 Å². The number of carbonyl (C=O) groups excluding carboxylic acids is 1. The fraction of sp³-hybridized carbons (Fsp3) is 0. The molecular weight excluding hydrogens is 256 g/mol. The van der Waals surface area contributed by atoms with E-state index in [1.165, 1.54) is 12.1 Å². The summed E-state index contributed by atoms with van der Waals surface area (Å²) in [6, 6.07) is 13.8. The van der Waals surface area contributed by atoms with Crippen molar-refractivity contribution in [2.45, 2.75) is 0 Å². The molecule has 20 heavy (non-hydrogen) atoms. The second kappa shape index (κ2) is 4.93. The van der Waals surface area contributed by atoms with Crippen LogP contribution in [-0.4, -0.2) is 21.1 Å². The molecule has 0 fully saturated rings. The van der Waals surface area contributed by atoms with Gasteiger partial charge in [0.05, 0.1) is 5.52 Å². The first-order valence-corrected chi connectivity index (χ1v) is 5.95. The van der Waals surface area contributed by atoms with Crippen LogP contribution in [0.5, 0.6) is 0 Å². The minimum Gasteiger partial charge on any atom is -0.305 e. The quantitative estimate of drug-likeness (QED) is 0.737. The molecule has 0 aliphatic heterocycles. The van der Waals surface area contributed by atoms with E-state index in [9.17, 15) is 9.59 Å². The molecule has 0 aliphatic carbocycles. The number of hydrogen-bond acceptors (Lipinski definition) is 4. The second-order valence-electron chi connectivity index (χ2n) is 4.15. The van der Waals surface area contributed by atoms with Gasteiger partial charge in [-0.1, -0.05) is 18.2 Å². The number of nitrogens with one attached hydrogen (secondary N) is 2. The van der Waals surface area contributed by atoms with Gasteiger partial charge in [-0.15, -0.1) is 0 Å². The van der Waals surface area contributed by atoms with Crippen molar-refractivity contribution in [3.63, 3.8) is 0 Å². The molecule has 0 saturated carbocycles. The van der Waals surface area contributed by atoms with E-state index in [1.807, 2.05) is 30.3 Å². The van der Waals surface area contributed by atoms with Crippen molar-refractivity contribution >= 4 is 22.6 Å². The zero-order chi connectivity index (χ0) is 13.9. The molecule has 6 heteroatoms. The van der Waals surface area contributed by atoms with Gasteiger partial charge >= 0.3 is 0 Å². The van der Waals surface area contributed by atoms with E-state index in [0.717, 1.165) is 10.9 Å². The zero-order valence-electron chi connectivity index (χ0n) is 10.3. The molecule has 1 aromatic carbocycles. The third kappa shape index (κ3) is 2.39. The molecule has 2 heterocycles. The number of H-pyrrole nitrogens is 1. The standard InChI is InChI=1S/C14H10N4O2/c19-13-8-6-11(17-18-13)14(20)16-12-7-5-9-3-1-2-4-10(9)15-12/h1-8H,(H,18,19)(H,15,16,20). The zero-order valence-corrected chi connectivity index (χ0v) is 10.3. The maximum Gasteiger partial charge on any atom is 0.277 e. The van der Waals surface area contributed by atoms with Gasteiger partial charge in [0, 0.05) is 11.5 Å². The predicted octanol–water partition coefficient (Wildman–Crippen LogP) is 1.57. The molecule has 6 nitrogen and oxygen atoms in total. The van der Waals surface area contributed by atoms with Crippen LogP contribution in [0.25, 0.3) is 10.9 Å². The second-order valence-corrected chi connectivity index (χ2v) is 4.15. The Morgan fingerprint density at radius 3 is 2.70 bits per heavy atom. The van der Waals surface area contributed by atoms with Crippen molar-refractivity contribution in [3.05, 3.63) is 64.6 Å². The number of aromatic nitrogens is 3. The number of para-hydroxylation sites is 1. The highest BCUT2D eigenvalue weighted by Gasteiger charge is 2.08. The normalized spacial score (nSPS) is 10.4. The lowest BCUT2D eigenvalue weighted by Gasteiger charge is -2.04. The van der Waals surface area contributed by atoms with Gasteiger partial charge in [-0.3, -0.25) is 9.59 Å². The Balaban J connectivity index is 1.87. The van der Waals surface area contributed by atoms with Crippen LogP contribution < -0.4 is 10.9 Å². The fourth-order valence-corrected chi connectivity index (χ4v) is 1.79. The molecule has 0 saturated heterocycles. The van der Waals surface area contributed by atoms with Crippen molar-refractivity contribution in [2.75, 3.05) is 5.32 Å². The topological polar surface area (TPSA) is 87.7 Å². The Morgan fingerprint density at radius 2 is 1.90 bits per heavy atom. The molecule has 3 rings (SSSR count). The summed E-state index contributed by atoms with van der Waals surface area (Å²) >= 11 is 0. The average molecular weight is 266 g/mol. The number of benzene rings is 1. The summed E-state index contributed by atoms with van der Waals surface area (Å²) in [6.45, 7) is 0. The summed E-state index contributed by atoms with van der Waals surface area (Å²) < 4.78 is 0. The molecule has 2 aromatic heterocycles. The van der Waals surface area contributed by atoms with Crippen LogP contribution in [0.4, 0.5) is 5.82 Å². The molecule has 3 aromatic rings. The molecule has 0 aliphatic rings.